The number of aliphatic hydroxyl groups is 2. The Morgan fingerprint density at radius 1 is 1.28 bits per heavy atom. The number of nitrogens with zero attached hydrogens (tertiary/aromatic N) is 1. The maximum atomic E-state index is 13.7. The van der Waals surface area contributed by atoms with E-state index in [-0.39, 0.29) is 46.4 Å². The zero-order valence-electron chi connectivity index (χ0n) is 20.9. The van der Waals surface area contributed by atoms with Crippen LogP contribution in [-0.2, 0) is 9.59 Å². The van der Waals surface area contributed by atoms with Gasteiger partial charge in [0.15, 0.2) is 17.1 Å². The summed E-state index contributed by atoms with van der Waals surface area (Å²) >= 11 is 1.22. The third-order valence-electron chi connectivity index (χ3n) is 10.1. The topological polar surface area (TPSA) is 101 Å². The molecule has 0 aliphatic heterocycles. The van der Waals surface area contributed by atoms with Gasteiger partial charge in [0.25, 0.3) is 5.22 Å². The van der Waals surface area contributed by atoms with E-state index in [2.05, 4.69) is 11.9 Å². The van der Waals surface area contributed by atoms with Crippen LogP contribution in [0.2, 0.25) is 0 Å². The van der Waals surface area contributed by atoms with Crippen LogP contribution in [0.25, 0.3) is 11.1 Å². The fraction of sp³-hybridized carbons (Fsp3) is 0.552. The van der Waals surface area contributed by atoms with Crippen LogP contribution in [0.1, 0.15) is 46.5 Å². The van der Waals surface area contributed by atoms with Crippen LogP contribution in [0.3, 0.4) is 0 Å². The first-order chi connectivity index (χ1) is 17.1. The van der Waals surface area contributed by atoms with E-state index in [0.717, 1.165) is 30.4 Å². The number of oxazole rings is 1. The number of ketones is 2. The molecule has 6 rings (SSSR count). The molecule has 0 amide bonds. The first-order valence-electron chi connectivity index (χ1n) is 12.9. The van der Waals surface area contributed by atoms with Crippen LogP contribution >= 0.6 is 11.8 Å². The molecule has 1 aromatic heterocycles. The number of hydrogen-bond donors (Lipinski definition) is 2. The van der Waals surface area contributed by atoms with Crippen LogP contribution in [0, 0.1) is 34.5 Å². The molecule has 3 saturated carbocycles. The summed E-state index contributed by atoms with van der Waals surface area (Å²) in [6.07, 6.45) is 7.48. The maximum absolute atomic E-state index is 13.7. The second kappa shape index (κ2) is 8.14. The summed E-state index contributed by atoms with van der Waals surface area (Å²) in [7, 11) is 0. The molecule has 36 heavy (non-hydrogen) atoms. The molecule has 3 fully saturated rings. The van der Waals surface area contributed by atoms with Crippen molar-refractivity contribution in [3.63, 3.8) is 0 Å². The fourth-order valence-electron chi connectivity index (χ4n) is 8.40. The Balaban J connectivity index is 1.28. The van der Waals surface area contributed by atoms with Crippen molar-refractivity contribution in [2.45, 2.75) is 63.4 Å². The summed E-state index contributed by atoms with van der Waals surface area (Å²) in [6, 6.07) is 7.48. The SMILES string of the molecule is C[C@@H]1CC2C3CCC4=CC(=O)C=CC4(C)C3[C@@H](O)CC2(C)[C@@]1(O)C(=O)CSc1nc2ccccc2o1. The standard InChI is InChI=1S/C29H33NO5S/c1-16-12-20-19-9-8-17-13-18(31)10-11-27(17,2)25(19)22(32)14-28(20,3)29(16,34)24(33)15-36-26-30-21-6-4-5-7-23(21)35-26/h4-7,10-11,13,16,19-20,22,25,32,34H,8-9,12,14-15H2,1-3H3/t16-,19?,20?,22+,25?,27?,28?,29+/m1/s1. The number of aliphatic hydroxyl groups excluding tert-OH is 1. The van der Waals surface area contributed by atoms with Crippen LogP contribution in [0.5, 0.6) is 0 Å². The number of carbonyl (C=O) groups excluding carboxylic acids is 2. The van der Waals surface area contributed by atoms with Crippen molar-refractivity contribution >= 4 is 34.4 Å². The number of aromatic nitrogens is 1. The number of carbonyl (C=O) groups is 2. The van der Waals surface area contributed by atoms with E-state index in [1.807, 2.05) is 44.2 Å². The van der Waals surface area contributed by atoms with Crippen molar-refractivity contribution in [3.05, 3.63) is 48.1 Å². The minimum atomic E-state index is -1.53. The summed E-state index contributed by atoms with van der Waals surface area (Å²) in [5.41, 5.74) is -0.103. The fourth-order valence-corrected chi connectivity index (χ4v) is 9.19. The van der Waals surface area contributed by atoms with E-state index in [1.165, 1.54) is 11.8 Å². The molecule has 0 radical (unpaired) electrons. The third-order valence-corrected chi connectivity index (χ3v) is 10.9. The van der Waals surface area contributed by atoms with Gasteiger partial charge >= 0.3 is 0 Å². The van der Waals surface area contributed by atoms with Crippen molar-refractivity contribution in [2.75, 3.05) is 5.75 Å². The number of allylic oxidation sites excluding steroid dienone is 4. The van der Waals surface area contributed by atoms with Gasteiger partial charge in [-0.05, 0) is 67.7 Å². The van der Waals surface area contributed by atoms with Crippen LogP contribution in [-0.4, -0.2) is 44.2 Å². The van der Waals surface area contributed by atoms with Gasteiger partial charge in [-0.15, -0.1) is 0 Å². The van der Waals surface area contributed by atoms with E-state index in [4.69, 9.17) is 4.42 Å². The van der Waals surface area contributed by atoms with E-state index in [0.29, 0.717) is 17.2 Å². The molecule has 0 bridgehead atoms. The number of hydrogen-bond acceptors (Lipinski definition) is 7. The Hall–Kier alpha value is -2.22. The number of fused-ring (bicyclic) bond motifs is 6. The Labute approximate surface area is 215 Å². The van der Waals surface area contributed by atoms with Crippen molar-refractivity contribution in [3.8, 4) is 0 Å². The number of benzene rings is 1. The molecule has 4 aliphatic rings. The highest BCUT2D eigenvalue weighted by Crippen LogP contribution is 2.68. The lowest BCUT2D eigenvalue weighted by Crippen LogP contribution is -2.62. The van der Waals surface area contributed by atoms with Gasteiger partial charge in [0.05, 0.1) is 11.9 Å². The van der Waals surface area contributed by atoms with Gasteiger partial charge in [0.2, 0.25) is 0 Å². The van der Waals surface area contributed by atoms with E-state index < -0.39 is 17.1 Å². The van der Waals surface area contributed by atoms with E-state index in [9.17, 15) is 19.8 Å². The van der Waals surface area contributed by atoms with Gasteiger partial charge in [0, 0.05) is 16.7 Å². The highest BCUT2D eigenvalue weighted by Gasteiger charge is 2.70. The number of thioether (sulfide) groups is 1. The summed E-state index contributed by atoms with van der Waals surface area (Å²) in [4.78, 5) is 30.2. The summed E-state index contributed by atoms with van der Waals surface area (Å²) in [6.45, 7) is 6.12. The van der Waals surface area contributed by atoms with Crippen molar-refractivity contribution in [1.82, 2.24) is 4.98 Å². The van der Waals surface area contributed by atoms with Gasteiger partial charge in [-0.25, -0.2) is 4.98 Å². The molecule has 1 aromatic carbocycles. The summed E-state index contributed by atoms with van der Waals surface area (Å²) in [5.74, 6) is -0.0932. The van der Waals surface area contributed by atoms with Crippen molar-refractivity contribution < 1.29 is 24.2 Å². The van der Waals surface area contributed by atoms with Gasteiger partial charge in [-0.1, -0.05) is 56.3 Å². The Morgan fingerprint density at radius 2 is 2.06 bits per heavy atom. The maximum Gasteiger partial charge on any atom is 0.257 e. The molecular formula is C29H33NO5S. The molecular weight excluding hydrogens is 474 g/mol. The largest absolute Gasteiger partial charge is 0.431 e. The second-order valence-corrected chi connectivity index (χ2v) is 12.7. The smallest absolute Gasteiger partial charge is 0.257 e. The molecule has 5 unspecified atom stereocenters. The number of Topliss-reactive ketones (excluding diaryl/α,β-unsaturated/α-hetero) is 1. The summed E-state index contributed by atoms with van der Waals surface area (Å²) < 4.78 is 5.77. The van der Waals surface area contributed by atoms with Gasteiger partial charge < -0.3 is 14.6 Å². The van der Waals surface area contributed by atoms with Crippen LogP contribution < -0.4 is 0 Å². The second-order valence-electron chi connectivity index (χ2n) is 11.8. The highest BCUT2D eigenvalue weighted by molar-refractivity contribution is 7.99. The zero-order chi connectivity index (χ0) is 25.5. The Bertz CT molecular complexity index is 1280. The Morgan fingerprint density at radius 3 is 2.83 bits per heavy atom. The molecule has 8 atom stereocenters. The van der Waals surface area contributed by atoms with E-state index in [1.54, 1.807) is 12.2 Å². The molecule has 1 heterocycles. The minimum Gasteiger partial charge on any atom is -0.431 e. The average molecular weight is 508 g/mol. The third kappa shape index (κ3) is 3.21. The average Bonchev–Trinajstić information content (AvgIpc) is 3.35. The lowest BCUT2D eigenvalue weighted by molar-refractivity contribution is -0.179. The minimum absolute atomic E-state index is 0.0157. The van der Waals surface area contributed by atoms with Crippen molar-refractivity contribution in [2.24, 2.45) is 34.5 Å². The van der Waals surface area contributed by atoms with Crippen LogP contribution in [0.4, 0.5) is 0 Å². The molecule has 190 valence electrons. The van der Waals surface area contributed by atoms with Gasteiger partial charge in [-0.3, -0.25) is 9.59 Å². The van der Waals surface area contributed by atoms with Gasteiger partial charge in [0.1, 0.15) is 11.1 Å². The highest BCUT2D eigenvalue weighted by atomic mass is 32.2. The normalized spacial score (nSPS) is 41.5. The van der Waals surface area contributed by atoms with Crippen molar-refractivity contribution in [1.29, 1.82) is 0 Å². The zero-order valence-corrected chi connectivity index (χ0v) is 21.8. The van der Waals surface area contributed by atoms with Gasteiger partial charge in [-0.2, -0.15) is 0 Å². The Kier molecular flexibility index (Phi) is 5.46. The van der Waals surface area contributed by atoms with Crippen LogP contribution in [0.15, 0.2) is 57.7 Å². The molecule has 6 nitrogen and oxygen atoms in total. The molecule has 0 saturated heterocycles. The predicted octanol–water partition coefficient (Wildman–Crippen LogP) is 4.74. The quantitative estimate of drug-likeness (QED) is 0.576. The number of para-hydroxylation sites is 2. The first kappa shape index (κ1) is 24.1. The molecule has 2 aromatic rings. The molecule has 2 N–H and O–H groups in total. The molecule has 4 aliphatic carbocycles. The molecule has 7 heteroatoms. The number of rotatable bonds is 4. The lowest BCUT2D eigenvalue weighted by atomic mass is 9.46. The lowest BCUT2D eigenvalue weighted by Gasteiger charge is -2.59. The first-order valence-corrected chi connectivity index (χ1v) is 13.9. The predicted molar refractivity (Wildman–Crippen MR) is 137 cm³/mol. The van der Waals surface area contributed by atoms with E-state index >= 15 is 0 Å². The summed E-state index contributed by atoms with van der Waals surface area (Å²) in [5, 5.41) is 24.1. The molecule has 0 spiro atoms. The monoisotopic (exact) mass is 507 g/mol.